The molecule has 0 aliphatic heterocycles. The van der Waals surface area contributed by atoms with E-state index < -0.39 is 12.6 Å². The van der Waals surface area contributed by atoms with Crippen molar-refractivity contribution in [3.8, 4) is 12.0 Å². The summed E-state index contributed by atoms with van der Waals surface area (Å²) < 4.78 is 45.4. The molecular weight excluding hydrogens is 265 g/mol. The third-order valence-corrected chi connectivity index (χ3v) is 2.13. The number of hydrogen-bond acceptors (Lipinski definition) is 6. The SMILES string of the molecule is COc1nc(NCCCCC(F)(F)F)nc(OC)n1. The summed E-state index contributed by atoms with van der Waals surface area (Å²) in [5, 5.41) is 2.79. The zero-order valence-corrected chi connectivity index (χ0v) is 10.6. The first-order chi connectivity index (χ1) is 8.94. The molecule has 0 unspecified atom stereocenters. The van der Waals surface area contributed by atoms with Gasteiger partial charge >= 0.3 is 18.2 Å². The normalized spacial score (nSPS) is 11.2. The third-order valence-electron chi connectivity index (χ3n) is 2.13. The van der Waals surface area contributed by atoms with Crippen LogP contribution >= 0.6 is 0 Å². The predicted octanol–water partition coefficient (Wildman–Crippen LogP) is 2.03. The number of anilines is 1. The van der Waals surface area contributed by atoms with E-state index in [0.717, 1.165) is 0 Å². The first-order valence-corrected chi connectivity index (χ1v) is 5.59. The Labute approximate surface area is 108 Å². The van der Waals surface area contributed by atoms with Gasteiger partial charge < -0.3 is 14.8 Å². The van der Waals surface area contributed by atoms with Gasteiger partial charge in [0.05, 0.1) is 14.2 Å². The van der Waals surface area contributed by atoms with E-state index in [0.29, 0.717) is 13.0 Å². The zero-order chi connectivity index (χ0) is 14.3. The number of rotatable bonds is 7. The summed E-state index contributed by atoms with van der Waals surface area (Å²) in [5.41, 5.74) is 0. The Hall–Kier alpha value is -1.80. The van der Waals surface area contributed by atoms with Crippen LogP contribution in [0, 0.1) is 0 Å². The van der Waals surface area contributed by atoms with Crippen LogP contribution in [0.3, 0.4) is 0 Å². The fraction of sp³-hybridized carbons (Fsp3) is 0.700. The van der Waals surface area contributed by atoms with Crippen molar-refractivity contribution in [1.82, 2.24) is 15.0 Å². The highest BCUT2D eigenvalue weighted by Crippen LogP contribution is 2.22. The number of aromatic nitrogens is 3. The number of ether oxygens (including phenoxy) is 2. The summed E-state index contributed by atoms with van der Waals surface area (Å²) in [5.74, 6) is 0.204. The molecule has 0 amide bonds. The van der Waals surface area contributed by atoms with Crippen LogP contribution in [-0.2, 0) is 0 Å². The maximum atomic E-state index is 11.9. The van der Waals surface area contributed by atoms with Gasteiger partial charge in [-0.1, -0.05) is 0 Å². The lowest BCUT2D eigenvalue weighted by atomic mass is 10.2. The standard InChI is InChI=1S/C10H15F3N4O2/c1-18-8-15-7(16-9(17-8)19-2)14-6-4-3-5-10(11,12)13/h3-6H2,1-2H3,(H,14,15,16,17). The minimum Gasteiger partial charge on any atom is -0.467 e. The molecule has 19 heavy (non-hydrogen) atoms. The number of halogens is 3. The van der Waals surface area contributed by atoms with Crippen LogP contribution in [0.25, 0.3) is 0 Å². The number of nitrogens with one attached hydrogen (secondary N) is 1. The monoisotopic (exact) mass is 280 g/mol. The molecule has 0 bridgehead atoms. The Kier molecular flexibility index (Phi) is 5.58. The van der Waals surface area contributed by atoms with Crippen LogP contribution in [0.1, 0.15) is 19.3 Å². The Morgan fingerprint density at radius 2 is 1.58 bits per heavy atom. The molecule has 1 heterocycles. The quantitative estimate of drug-likeness (QED) is 0.771. The van der Waals surface area contributed by atoms with Gasteiger partial charge in [-0.2, -0.15) is 23.1 Å². The summed E-state index contributed by atoms with van der Waals surface area (Å²) in [6.07, 6.45) is -4.50. The highest BCUT2D eigenvalue weighted by atomic mass is 19.4. The van der Waals surface area contributed by atoms with Crippen molar-refractivity contribution in [1.29, 1.82) is 0 Å². The minimum absolute atomic E-state index is 0.0514. The van der Waals surface area contributed by atoms with E-state index >= 15 is 0 Å². The molecule has 0 radical (unpaired) electrons. The molecule has 6 nitrogen and oxygen atoms in total. The van der Waals surface area contributed by atoms with E-state index in [1.165, 1.54) is 14.2 Å². The molecule has 9 heteroatoms. The molecule has 0 aliphatic carbocycles. The van der Waals surface area contributed by atoms with E-state index in [1.54, 1.807) is 0 Å². The van der Waals surface area contributed by atoms with Gasteiger partial charge in [-0.3, -0.25) is 0 Å². The largest absolute Gasteiger partial charge is 0.467 e. The van der Waals surface area contributed by atoms with Gasteiger partial charge in [-0.25, -0.2) is 0 Å². The topological polar surface area (TPSA) is 69.2 Å². The van der Waals surface area contributed by atoms with Crippen LogP contribution < -0.4 is 14.8 Å². The van der Waals surface area contributed by atoms with Gasteiger partial charge in [0.2, 0.25) is 5.95 Å². The molecule has 0 aromatic carbocycles. The number of methoxy groups -OCH3 is 2. The van der Waals surface area contributed by atoms with Gasteiger partial charge in [-0.15, -0.1) is 4.98 Å². The van der Waals surface area contributed by atoms with Crippen molar-refractivity contribution in [3.63, 3.8) is 0 Å². The number of unbranched alkanes of at least 4 members (excludes halogenated alkanes) is 1. The second-order valence-corrected chi connectivity index (χ2v) is 3.63. The van der Waals surface area contributed by atoms with Crippen molar-refractivity contribution in [2.45, 2.75) is 25.4 Å². The maximum Gasteiger partial charge on any atom is 0.389 e. The maximum absolute atomic E-state index is 11.9. The lowest BCUT2D eigenvalue weighted by Crippen LogP contribution is -2.10. The Morgan fingerprint density at radius 3 is 2.05 bits per heavy atom. The molecule has 108 valence electrons. The molecule has 0 aliphatic rings. The van der Waals surface area contributed by atoms with Crippen molar-refractivity contribution >= 4 is 5.95 Å². The molecule has 0 atom stereocenters. The van der Waals surface area contributed by atoms with Gasteiger partial charge in [0.25, 0.3) is 0 Å². The van der Waals surface area contributed by atoms with Crippen molar-refractivity contribution in [3.05, 3.63) is 0 Å². The highest BCUT2D eigenvalue weighted by molar-refractivity contribution is 5.27. The molecular formula is C10H15F3N4O2. The molecule has 1 N–H and O–H groups in total. The van der Waals surface area contributed by atoms with Crippen molar-refractivity contribution in [2.75, 3.05) is 26.1 Å². The van der Waals surface area contributed by atoms with Crippen LogP contribution in [-0.4, -0.2) is 41.9 Å². The molecule has 0 fully saturated rings. The van der Waals surface area contributed by atoms with Crippen LogP contribution in [0.15, 0.2) is 0 Å². The fourth-order valence-corrected chi connectivity index (χ4v) is 1.25. The molecule has 1 aromatic rings. The van der Waals surface area contributed by atoms with Gasteiger partial charge in [-0.05, 0) is 12.8 Å². The Morgan fingerprint density at radius 1 is 1.00 bits per heavy atom. The van der Waals surface area contributed by atoms with E-state index in [-0.39, 0.29) is 24.4 Å². The van der Waals surface area contributed by atoms with E-state index in [1.807, 2.05) is 0 Å². The van der Waals surface area contributed by atoms with Crippen molar-refractivity contribution < 1.29 is 22.6 Å². The third kappa shape index (κ3) is 6.07. The number of hydrogen-bond donors (Lipinski definition) is 1. The summed E-state index contributed by atoms with van der Waals surface area (Å²) in [6, 6.07) is 0.147. The van der Waals surface area contributed by atoms with Crippen LogP contribution in [0.5, 0.6) is 12.0 Å². The fourth-order valence-electron chi connectivity index (χ4n) is 1.25. The lowest BCUT2D eigenvalue weighted by molar-refractivity contribution is -0.135. The average molecular weight is 280 g/mol. The molecule has 0 saturated carbocycles. The van der Waals surface area contributed by atoms with Gasteiger partial charge in [0.15, 0.2) is 0 Å². The van der Waals surface area contributed by atoms with Crippen molar-refractivity contribution in [2.24, 2.45) is 0 Å². The molecule has 1 aromatic heterocycles. The highest BCUT2D eigenvalue weighted by Gasteiger charge is 2.25. The van der Waals surface area contributed by atoms with Crippen LogP contribution in [0.4, 0.5) is 19.1 Å². The summed E-state index contributed by atoms with van der Waals surface area (Å²) >= 11 is 0. The smallest absolute Gasteiger partial charge is 0.389 e. The average Bonchev–Trinajstić information content (AvgIpc) is 2.36. The van der Waals surface area contributed by atoms with E-state index in [2.05, 4.69) is 20.3 Å². The summed E-state index contributed by atoms with van der Waals surface area (Å²) in [6.45, 7) is 0.326. The second-order valence-electron chi connectivity index (χ2n) is 3.63. The van der Waals surface area contributed by atoms with E-state index in [4.69, 9.17) is 9.47 Å². The molecule has 1 rings (SSSR count). The predicted molar refractivity (Wildman–Crippen MR) is 61.3 cm³/mol. The first kappa shape index (κ1) is 15.3. The van der Waals surface area contributed by atoms with Crippen LogP contribution in [0.2, 0.25) is 0 Å². The molecule has 0 spiro atoms. The number of alkyl halides is 3. The van der Waals surface area contributed by atoms with Gasteiger partial charge in [0, 0.05) is 13.0 Å². The van der Waals surface area contributed by atoms with Gasteiger partial charge in [0.1, 0.15) is 0 Å². The lowest BCUT2D eigenvalue weighted by Gasteiger charge is -2.08. The Balaban J connectivity index is 2.40. The minimum atomic E-state index is -4.11. The number of nitrogens with zero attached hydrogens (tertiary/aromatic N) is 3. The first-order valence-electron chi connectivity index (χ1n) is 5.59. The summed E-state index contributed by atoms with van der Waals surface area (Å²) in [4.78, 5) is 11.6. The summed E-state index contributed by atoms with van der Waals surface area (Å²) in [7, 11) is 2.78. The molecule has 0 saturated heterocycles. The van der Waals surface area contributed by atoms with E-state index in [9.17, 15) is 13.2 Å². The zero-order valence-electron chi connectivity index (χ0n) is 10.6. The second kappa shape index (κ2) is 6.95. The Bertz CT molecular complexity index is 379.